The summed E-state index contributed by atoms with van der Waals surface area (Å²) in [6.45, 7) is 2.14. The molecule has 0 saturated carbocycles. The van der Waals surface area contributed by atoms with Crippen LogP contribution >= 0.6 is 0 Å². The predicted octanol–water partition coefficient (Wildman–Crippen LogP) is 2.07. The van der Waals surface area contributed by atoms with Gasteiger partial charge in [-0.25, -0.2) is 9.38 Å². The second-order valence-corrected chi connectivity index (χ2v) is 4.35. The van der Waals surface area contributed by atoms with Crippen LogP contribution in [0.4, 0.5) is 10.1 Å². The van der Waals surface area contributed by atoms with E-state index in [9.17, 15) is 14.5 Å². The van der Waals surface area contributed by atoms with Gasteiger partial charge in [-0.05, 0) is 12.5 Å². The molecule has 1 atom stereocenters. The van der Waals surface area contributed by atoms with E-state index in [1.807, 2.05) is 6.92 Å². The van der Waals surface area contributed by atoms with Crippen LogP contribution in [0.1, 0.15) is 25.3 Å². The van der Waals surface area contributed by atoms with Crippen LogP contribution in [-0.4, -0.2) is 17.6 Å². The van der Waals surface area contributed by atoms with Crippen molar-refractivity contribution >= 4 is 11.7 Å². The molecule has 0 bridgehead atoms. The van der Waals surface area contributed by atoms with Crippen LogP contribution in [0.5, 0.6) is 0 Å². The number of benzene rings is 1. The lowest BCUT2D eigenvalue weighted by Gasteiger charge is -2.32. The Balaban J connectivity index is 2.57. The highest BCUT2D eigenvalue weighted by Crippen LogP contribution is 2.38. The number of nitrogens with zero attached hydrogens (tertiary/aromatic N) is 2. The van der Waals surface area contributed by atoms with Crippen molar-refractivity contribution in [2.45, 2.75) is 25.3 Å². The average Bonchev–Trinajstić information content (AvgIpc) is 2.38. The minimum Gasteiger partial charge on any atom is -0.465 e. The zero-order valence-electron chi connectivity index (χ0n) is 10.4. The maximum Gasteiger partial charge on any atom is 0.282 e. The van der Waals surface area contributed by atoms with Crippen LogP contribution < -0.4 is 5.73 Å². The summed E-state index contributed by atoms with van der Waals surface area (Å²) in [4.78, 5) is 14.4. The van der Waals surface area contributed by atoms with Gasteiger partial charge >= 0.3 is 0 Å². The number of non-ortho nitro benzene ring substituents is 1. The highest BCUT2D eigenvalue weighted by atomic mass is 19.1. The Bertz CT molecular complexity index is 547. The van der Waals surface area contributed by atoms with Crippen LogP contribution in [0.25, 0.3) is 0 Å². The van der Waals surface area contributed by atoms with Crippen LogP contribution in [0, 0.1) is 15.9 Å². The molecule has 19 heavy (non-hydrogen) atoms. The summed E-state index contributed by atoms with van der Waals surface area (Å²) in [7, 11) is 0. The largest absolute Gasteiger partial charge is 0.465 e. The molecule has 1 heterocycles. The molecule has 2 rings (SSSR count). The molecule has 0 aliphatic carbocycles. The first kappa shape index (κ1) is 13.3. The van der Waals surface area contributed by atoms with Crippen LogP contribution in [0.3, 0.4) is 0 Å². The molecule has 0 aromatic heterocycles. The van der Waals surface area contributed by atoms with Gasteiger partial charge in [0.15, 0.2) is 0 Å². The number of aliphatic imine (C=N–C) groups is 1. The monoisotopic (exact) mass is 267 g/mol. The van der Waals surface area contributed by atoms with E-state index in [0.29, 0.717) is 19.4 Å². The van der Waals surface area contributed by atoms with Crippen molar-refractivity contribution in [3.05, 3.63) is 39.7 Å². The number of nitro benzene ring substituents is 1. The van der Waals surface area contributed by atoms with E-state index in [0.717, 1.165) is 12.1 Å². The quantitative estimate of drug-likeness (QED) is 0.670. The molecular formula is C12H14FN3O3. The van der Waals surface area contributed by atoms with Crippen molar-refractivity contribution in [1.82, 2.24) is 0 Å². The van der Waals surface area contributed by atoms with Crippen LogP contribution in [-0.2, 0) is 10.3 Å². The SMILES string of the molecule is CC[C@@]1(c2cc([N+](=O)[O-])ccc2F)CCOC(N)=N1. The van der Waals surface area contributed by atoms with E-state index < -0.39 is 16.3 Å². The van der Waals surface area contributed by atoms with E-state index in [1.165, 1.54) is 6.07 Å². The summed E-state index contributed by atoms with van der Waals surface area (Å²) in [5, 5.41) is 10.8. The Kier molecular flexibility index (Phi) is 3.37. The van der Waals surface area contributed by atoms with E-state index in [4.69, 9.17) is 10.5 Å². The van der Waals surface area contributed by atoms with Gasteiger partial charge in [0, 0.05) is 24.1 Å². The molecule has 0 unspecified atom stereocenters. The topological polar surface area (TPSA) is 90.8 Å². The fourth-order valence-electron chi connectivity index (χ4n) is 2.25. The fraction of sp³-hybridized carbons (Fsp3) is 0.417. The van der Waals surface area contributed by atoms with Gasteiger partial charge in [-0.1, -0.05) is 6.92 Å². The summed E-state index contributed by atoms with van der Waals surface area (Å²) in [6.07, 6.45) is 0.914. The van der Waals surface area contributed by atoms with E-state index >= 15 is 0 Å². The van der Waals surface area contributed by atoms with Gasteiger partial charge in [0.2, 0.25) is 0 Å². The highest BCUT2D eigenvalue weighted by Gasteiger charge is 2.36. The summed E-state index contributed by atoms with van der Waals surface area (Å²) < 4.78 is 19.0. The normalized spacial score (nSPS) is 22.5. The van der Waals surface area contributed by atoms with Crippen LogP contribution in [0.15, 0.2) is 23.2 Å². The summed E-state index contributed by atoms with van der Waals surface area (Å²) in [6, 6.07) is 3.43. The number of hydrogen-bond acceptors (Lipinski definition) is 5. The Morgan fingerprint density at radius 2 is 2.37 bits per heavy atom. The predicted molar refractivity (Wildman–Crippen MR) is 67.2 cm³/mol. The standard InChI is InChI=1S/C12H14FN3O3/c1-2-12(5-6-19-11(14)15-12)9-7-8(16(17)18)3-4-10(9)13/h3-4,7H,2,5-6H2,1H3,(H2,14,15)/t12-/m0/s1. The molecule has 0 saturated heterocycles. The molecule has 1 aliphatic rings. The van der Waals surface area contributed by atoms with Gasteiger partial charge in [-0.2, -0.15) is 0 Å². The van der Waals surface area contributed by atoms with E-state index in [1.54, 1.807) is 0 Å². The summed E-state index contributed by atoms with van der Waals surface area (Å²) in [5.41, 5.74) is 4.68. The van der Waals surface area contributed by atoms with Gasteiger partial charge in [-0.3, -0.25) is 10.1 Å². The maximum absolute atomic E-state index is 14.0. The third kappa shape index (κ3) is 2.35. The Morgan fingerprint density at radius 1 is 1.63 bits per heavy atom. The first-order chi connectivity index (χ1) is 8.98. The Labute approximate surface area is 109 Å². The van der Waals surface area contributed by atoms with Gasteiger partial charge in [-0.15, -0.1) is 0 Å². The first-order valence-corrected chi connectivity index (χ1v) is 5.91. The van der Waals surface area contributed by atoms with E-state index in [2.05, 4.69) is 4.99 Å². The lowest BCUT2D eigenvalue weighted by Crippen LogP contribution is -2.36. The van der Waals surface area contributed by atoms with Crippen molar-refractivity contribution in [3.63, 3.8) is 0 Å². The van der Waals surface area contributed by atoms with Gasteiger partial charge in [0.1, 0.15) is 5.82 Å². The zero-order chi connectivity index (χ0) is 14.0. The van der Waals surface area contributed by atoms with Gasteiger partial charge in [0.05, 0.1) is 17.1 Å². The average molecular weight is 267 g/mol. The van der Waals surface area contributed by atoms with Crippen molar-refractivity contribution in [1.29, 1.82) is 0 Å². The fourth-order valence-corrected chi connectivity index (χ4v) is 2.25. The number of hydrogen-bond donors (Lipinski definition) is 1. The molecule has 0 radical (unpaired) electrons. The molecule has 102 valence electrons. The summed E-state index contributed by atoms with van der Waals surface area (Å²) >= 11 is 0. The van der Waals surface area contributed by atoms with Crippen molar-refractivity contribution < 1.29 is 14.1 Å². The first-order valence-electron chi connectivity index (χ1n) is 5.91. The molecule has 2 N–H and O–H groups in total. The van der Waals surface area contributed by atoms with Gasteiger partial charge in [0.25, 0.3) is 11.7 Å². The molecular weight excluding hydrogens is 253 g/mol. The smallest absolute Gasteiger partial charge is 0.282 e. The lowest BCUT2D eigenvalue weighted by molar-refractivity contribution is -0.385. The molecule has 0 spiro atoms. The Morgan fingerprint density at radius 3 is 2.95 bits per heavy atom. The van der Waals surface area contributed by atoms with E-state index in [-0.39, 0.29) is 17.3 Å². The van der Waals surface area contributed by atoms with Crippen molar-refractivity contribution in [2.24, 2.45) is 10.7 Å². The zero-order valence-corrected chi connectivity index (χ0v) is 10.4. The minimum atomic E-state index is -0.890. The molecule has 0 amide bonds. The maximum atomic E-state index is 14.0. The number of nitrogens with two attached hydrogens (primary N) is 1. The molecule has 6 nitrogen and oxygen atoms in total. The van der Waals surface area contributed by atoms with Crippen molar-refractivity contribution in [2.75, 3.05) is 6.61 Å². The van der Waals surface area contributed by atoms with Crippen molar-refractivity contribution in [3.8, 4) is 0 Å². The Hall–Kier alpha value is -2.18. The summed E-state index contributed by atoms with van der Waals surface area (Å²) in [5.74, 6) is -0.522. The highest BCUT2D eigenvalue weighted by molar-refractivity contribution is 5.73. The third-order valence-corrected chi connectivity index (χ3v) is 3.34. The molecule has 7 heteroatoms. The molecule has 1 aliphatic heterocycles. The molecule has 0 fully saturated rings. The third-order valence-electron chi connectivity index (χ3n) is 3.34. The van der Waals surface area contributed by atoms with Gasteiger partial charge < -0.3 is 10.5 Å². The minimum absolute atomic E-state index is 0.0148. The second-order valence-electron chi connectivity index (χ2n) is 4.35. The van der Waals surface area contributed by atoms with Crippen LogP contribution in [0.2, 0.25) is 0 Å². The number of nitro groups is 1. The molecule has 1 aromatic carbocycles. The second kappa shape index (κ2) is 4.83. The lowest BCUT2D eigenvalue weighted by atomic mass is 9.84. The number of amidine groups is 1. The number of rotatable bonds is 3. The number of halogens is 1. The molecule has 1 aromatic rings. The number of ether oxygens (including phenoxy) is 1.